The van der Waals surface area contributed by atoms with Gasteiger partial charge < -0.3 is 9.29 Å². The number of aromatic nitrogens is 2. The van der Waals surface area contributed by atoms with Gasteiger partial charge in [-0.15, -0.1) is 4.72 Å². The molecule has 0 radical (unpaired) electrons. The van der Waals surface area contributed by atoms with Crippen molar-refractivity contribution in [2.45, 2.75) is 70.8 Å². The molecule has 1 aromatic heterocycles. The van der Waals surface area contributed by atoms with Gasteiger partial charge in [0, 0.05) is 18.4 Å². The van der Waals surface area contributed by atoms with E-state index >= 15 is 0 Å². The Balaban J connectivity index is 2.39. The Morgan fingerprint density at radius 2 is 1.96 bits per heavy atom. The third-order valence-electron chi connectivity index (χ3n) is 4.54. The quantitative estimate of drug-likeness (QED) is 0.783. The highest BCUT2D eigenvalue weighted by atomic mass is 32.2. The van der Waals surface area contributed by atoms with Crippen LogP contribution in [0.25, 0.3) is 0 Å². The summed E-state index contributed by atoms with van der Waals surface area (Å²) >= 11 is -1.34. The summed E-state index contributed by atoms with van der Waals surface area (Å²) in [5.41, 5.74) is 0.204. The number of hydrogen-bond donors (Lipinski definition) is 1. The number of nitrogens with one attached hydrogen (secondary N) is 1. The first-order valence-electron chi connectivity index (χ1n) is 8.19. The smallest absolute Gasteiger partial charge is 0.387 e. The Morgan fingerprint density at radius 1 is 1.38 bits per heavy atom. The number of hydrogen-bond acceptors (Lipinski definition) is 4. The number of ether oxygens (including phenoxy) is 1. The van der Waals surface area contributed by atoms with Crippen LogP contribution in [0.3, 0.4) is 0 Å². The first-order chi connectivity index (χ1) is 11.0. The third kappa shape index (κ3) is 4.40. The molecule has 1 aliphatic rings. The first-order valence-corrected chi connectivity index (χ1v) is 9.34. The Morgan fingerprint density at radius 3 is 2.46 bits per heavy atom. The summed E-state index contributed by atoms with van der Waals surface area (Å²) in [7, 11) is 1.66. The molecule has 2 rings (SSSR count). The highest BCUT2D eigenvalue weighted by Crippen LogP contribution is 2.49. The zero-order chi connectivity index (χ0) is 18.1. The molecule has 1 heterocycles. The fourth-order valence-corrected chi connectivity index (χ4v) is 4.12. The van der Waals surface area contributed by atoms with E-state index in [0.717, 1.165) is 25.7 Å². The molecule has 1 aromatic rings. The molecule has 138 valence electrons. The van der Waals surface area contributed by atoms with E-state index in [9.17, 15) is 13.3 Å². The second-order valence-corrected chi connectivity index (χ2v) is 9.72. The Hall–Kier alpha value is -0.860. The van der Waals surface area contributed by atoms with Crippen molar-refractivity contribution in [3.63, 3.8) is 0 Å². The van der Waals surface area contributed by atoms with Crippen LogP contribution in [0.1, 0.15) is 65.1 Å². The van der Waals surface area contributed by atoms with Gasteiger partial charge in [-0.3, -0.25) is 4.68 Å². The van der Waals surface area contributed by atoms with Crippen LogP contribution in [0, 0.1) is 5.41 Å². The van der Waals surface area contributed by atoms with E-state index < -0.39 is 28.8 Å². The van der Waals surface area contributed by atoms with Crippen LogP contribution < -0.4 is 9.46 Å². The topological polar surface area (TPSA) is 62.1 Å². The Kier molecular flexibility index (Phi) is 5.82. The van der Waals surface area contributed by atoms with Crippen LogP contribution in [0.4, 0.5) is 8.78 Å². The maximum absolute atomic E-state index is 12.8. The molecule has 8 heteroatoms. The molecule has 1 fully saturated rings. The SMILES string of the molecule is Cn1cc(OC(F)F)c(C(N[S+]([O-])C(C)(C)C)C2(C)CCCC2)n1. The van der Waals surface area contributed by atoms with E-state index in [0.29, 0.717) is 5.69 Å². The van der Waals surface area contributed by atoms with Crippen molar-refractivity contribution >= 4 is 11.4 Å². The maximum atomic E-state index is 12.8. The predicted molar refractivity (Wildman–Crippen MR) is 90.2 cm³/mol. The normalized spacial score (nSPS) is 20.4. The second kappa shape index (κ2) is 7.17. The number of rotatable bonds is 6. The second-order valence-electron chi connectivity index (χ2n) is 7.72. The maximum Gasteiger partial charge on any atom is 0.387 e. The molecule has 1 saturated carbocycles. The lowest BCUT2D eigenvalue weighted by Gasteiger charge is -2.36. The van der Waals surface area contributed by atoms with Crippen molar-refractivity contribution in [1.29, 1.82) is 0 Å². The summed E-state index contributed by atoms with van der Waals surface area (Å²) in [4.78, 5) is 0. The van der Waals surface area contributed by atoms with Gasteiger partial charge in [-0.25, -0.2) is 0 Å². The molecular weight excluding hydrogens is 336 g/mol. The van der Waals surface area contributed by atoms with Gasteiger partial charge >= 0.3 is 6.61 Å². The van der Waals surface area contributed by atoms with Crippen LogP contribution in [0.15, 0.2) is 6.20 Å². The average Bonchev–Trinajstić information content (AvgIpc) is 3.01. The van der Waals surface area contributed by atoms with Gasteiger partial charge in [0.2, 0.25) is 0 Å². The first kappa shape index (κ1) is 19.5. The van der Waals surface area contributed by atoms with Gasteiger partial charge in [-0.05, 0) is 39.0 Å². The predicted octanol–water partition coefficient (Wildman–Crippen LogP) is 3.69. The van der Waals surface area contributed by atoms with E-state index in [2.05, 4.69) is 21.5 Å². The molecule has 2 unspecified atom stereocenters. The molecule has 1 aliphatic carbocycles. The molecule has 2 atom stereocenters. The molecule has 1 N–H and O–H groups in total. The minimum absolute atomic E-state index is 0.0454. The molecule has 0 aromatic carbocycles. The van der Waals surface area contributed by atoms with Crippen LogP contribution in [-0.4, -0.2) is 25.7 Å². The Labute approximate surface area is 145 Å². The molecule has 0 amide bonds. The monoisotopic (exact) mass is 363 g/mol. The van der Waals surface area contributed by atoms with Crippen LogP contribution >= 0.6 is 0 Å². The summed E-state index contributed by atoms with van der Waals surface area (Å²) in [5, 5.41) is 4.35. The third-order valence-corrected chi connectivity index (χ3v) is 6.10. The summed E-state index contributed by atoms with van der Waals surface area (Å²) < 4.78 is 47.0. The van der Waals surface area contributed by atoms with Crippen molar-refractivity contribution in [3.8, 4) is 5.75 Å². The van der Waals surface area contributed by atoms with Gasteiger partial charge in [-0.1, -0.05) is 19.8 Å². The van der Waals surface area contributed by atoms with Gasteiger partial charge in [0.1, 0.15) is 16.5 Å². The minimum atomic E-state index is -2.92. The van der Waals surface area contributed by atoms with E-state index in [1.54, 1.807) is 7.05 Å². The van der Waals surface area contributed by atoms with Gasteiger partial charge in [0.25, 0.3) is 0 Å². The zero-order valence-corrected chi connectivity index (χ0v) is 15.8. The standard InChI is InChI=1S/C16H27F2N3O2S/c1-15(2,3)24(22)20-13(16(4)8-6-7-9-16)12-11(23-14(17)18)10-21(5)19-12/h10,13-14,20H,6-9H2,1-5H3. The highest BCUT2D eigenvalue weighted by Gasteiger charge is 2.45. The van der Waals surface area contributed by atoms with Crippen LogP contribution in [0.2, 0.25) is 0 Å². The van der Waals surface area contributed by atoms with E-state index in [1.165, 1.54) is 10.9 Å². The van der Waals surface area contributed by atoms with Crippen molar-refractivity contribution in [2.75, 3.05) is 0 Å². The van der Waals surface area contributed by atoms with Crippen molar-refractivity contribution < 1.29 is 18.1 Å². The number of aryl methyl sites for hydroxylation is 1. The summed E-state index contributed by atoms with van der Waals surface area (Å²) in [6, 6.07) is -0.407. The number of halogens is 2. The van der Waals surface area contributed by atoms with Gasteiger partial charge in [0.05, 0.1) is 6.20 Å². The van der Waals surface area contributed by atoms with E-state index in [-0.39, 0.29) is 11.2 Å². The lowest BCUT2D eigenvalue weighted by Crippen LogP contribution is -2.46. The molecule has 0 spiro atoms. The number of nitrogens with zero attached hydrogens (tertiary/aromatic N) is 2. The fourth-order valence-electron chi connectivity index (χ4n) is 3.15. The molecule has 0 bridgehead atoms. The average molecular weight is 363 g/mol. The highest BCUT2D eigenvalue weighted by molar-refractivity contribution is 7.90. The summed E-state index contributed by atoms with van der Waals surface area (Å²) in [5.74, 6) is 0.0454. The molecule has 5 nitrogen and oxygen atoms in total. The lowest BCUT2D eigenvalue weighted by molar-refractivity contribution is -0.0511. The lowest BCUT2D eigenvalue weighted by atomic mass is 9.79. The van der Waals surface area contributed by atoms with E-state index in [4.69, 9.17) is 0 Å². The van der Waals surface area contributed by atoms with Gasteiger partial charge in [0.15, 0.2) is 5.75 Å². The van der Waals surface area contributed by atoms with Crippen LogP contribution in [0.5, 0.6) is 5.75 Å². The summed E-state index contributed by atoms with van der Waals surface area (Å²) in [6.07, 6.45) is 5.42. The minimum Gasteiger partial charge on any atom is -0.598 e. The molecule has 0 aliphatic heterocycles. The van der Waals surface area contributed by atoms with Gasteiger partial charge in [-0.2, -0.15) is 13.9 Å². The van der Waals surface area contributed by atoms with E-state index in [1.807, 2.05) is 20.8 Å². The van der Waals surface area contributed by atoms with Crippen molar-refractivity contribution in [3.05, 3.63) is 11.9 Å². The van der Waals surface area contributed by atoms with Crippen molar-refractivity contribution in [1.82, 2.24) is 14.5 Å². The summed E-state index contributed by atoms with van der Waals surface area (Å²) in [6.45, 7) is 4.80. The molecule has 24 heavy (non-hydrogen) atoms. The fraction of sp³-hybridized carbons (Fsp3) is 0.812. The van der Waals surface area contributed by atoms with Crippen LogP contribution in [-0.2, 0) is 18.4 Å². The molecular formula is C16H27F2N3O2S. The molecule has 0 saturated heterocycles. The number of alkyl halides is 2. The zero-order valence-electron chi connectivity index (χ0n) is 14.9. The Bertz CT molecular complexity index is 554. The largest absolute Gasteiger partial charge is 0.598 e. The van der Waals surface area contributed by atoms with Crippen molar-refractivity contribution in [2.24, 2.45) is 12.5 Å².